The molecule has 1 aromatic heterocycles. The molecule has 0 saturated carbocycles. The minimum atomic E-state index is -0.331. The van der Waals surface area contributed by atoms with E-state index in [-0.39, 0.29) is 18.4 Å². The number of furan rings is 1. The number of carbonyl (C=O) groups is 2. The molecule has 0 atom stereocenters. The molecule has 1 heterocycles. The lowest BCUT2D eigenvalue weighted by atomic mass is 10.0. The molecule has 2 amide bonds. The van der Waals surface area contributed by atoms with Gasteiger partial charge in [0.25, 0.3) is 5.91 Å². The van der Waals surface area contributed by atoms with Crippen molar-refractivity contribution in [2.45, 2.75) is 20.4 Å². The maximum absolute atomic E-state index is 12.2. The Morgan fingerprint density at radius 1 is 1.07 bits per heavy atom. The molecule has 0 fully saturated rings. The molecule has 0 aliphatic heterocycles. The third-order valence-electron chi connectivity index (χ3n) is 4.37. The number of hydrogen-bond donors (Lipinski definition) is 2. The summed E-state index contributed by atoms with van der Waals surface area (Å²) in [5.41, 5.74) is 1.34. The van der Waals surface area contributed by atoms with Crippen LogP contribution >= 0.6 is 0 Å². The van der Waals surface area contributed by atoms with Crippen LogP contribution in [0, 0.1) is 13.8 Å². The third-order valence-corrected chi connectivity index (χ3v) is 4.37. The van der Waals surface area contributed by atoms with E-state index in [2.05, 4.69) is 10.6 Å². The van der Waals surface area contributed by atoms with E-state index in [9.17, 15) is 9.59 Å². The zero-order chi connectivity index (χ0) is 19.4. The van der Waals surface area contributed by atoms with Crippen LogP contribution in [0.3, 0.4) is 0 Å². The van der Waals surface area contributed by atoms with Gasteiger partial charge in [0.1, 0.15) is 17.3 Å². The summed E-state index contributed by atoms with van der Waals surface area (Å²) in [4.78, 5) is 24.3. The minimum absolute atomic E-state index is 0.115. The van der Waals surface area contributed by atoms with Gasteiger partial charge in [-0.05, 0) is 36.8 Å². The Bertz CT molecular complexity index is 991. The molecule has 2 N–H and O–H groups in total. The lowest BCUT2D eigenvalue weighted by Gasteiger charge is -2.13. The van der Waals surface area contributed by atoms with E-state index in [0.717, 1.165) is 16.3 Å². The van der Waals surface area contributed by atoms with Crippen LogP contribution in [0.25, 0.3) is 10.8 Å². The lowest BCUT2D eigenvalue weighted by Crippen LogP contribution is -2.36. The van der Waals surface area contributed by atoms with Gasteiger partial charge in [-0.3, -0.25) is 9.59 Å². The van der Waals surface area contributed by atoms with Crippen molar-refractivity contribution in [2.75, 3.05) is 13.7 Å². The number of ether oxygens (including phenoxy) is 1. The second-order valence-electron chi connectivity index (χ2n) is 6.25. The topological polar surface area (TPSA) is 80.6 Å². The Balaban J connectivity index is 1.63. The number of hydrogen-bond acceptors (Lipinski definition) is 4. The van der Waals surface area contributed by atoms with Crippen molar-refractivity contribution in [2.24, 2.45) is 0 Å². The summed E-state index contributed by atoms with van der Waals surface area (Å²) in [5, 5.41) is 7.54. The highest BCUT2D eigenvalue weighted by atomic mass is 16.5. The predicted molar refractivity (Wildman–Crippen MR) is 103 cm³/mol. The van der Waals surface area contributed by atoms with Crippen molar-refractivity contribution in [3.05, 3.63) is 65.1 Å². The van der Waals surface area contributed by atoms with Crippen molar-refractivity contribution in [1.29, 1.82) is 0 Å². The van der Waals surface area contributed by atoms with Gasteiger partial charge in [-0.25, -0.2) is 0 Å². The van der Waals surface area contributed by atoms with E-state index in [0.29, 0.717) is 29.4 Å². The summed E-state index contributed by atoms with van der Waals surface area (Å²) in [5.74, 6) is 1.29. The Morgan fingerprint density at radius 3 is 2.56 bits per heavy atom. The fraction of sp³-hybridized carbons (Fsp3) is 0.238. The average Bonchev–Trinajstić information content (AvgIpc) is 3.02. The summed E-state index contributed by atoms with van der Waals surface area (Å²) in [6, 6.07) is 13.4. The molecule has 0 spiro atoms. The second kappa shape index (κ2) is 7.95. The lowest BCUT2D eigenvalue weighted by molar-refractivity contribution is -0.120. The van der Waals surface area contributed by atoms with E-state index in [1.165, 1.54) is 0 Å². The highest BCUT2D eigenvalue weighted by Gasteiger charge is 2.15. The molecule has 0 aliphatic rings. The van der Waals surface area contributed by atoms with E-state index >= 15 is 0 Å². The highest BCUT2D eigenvalue weighted by molar-refractivity contribution is 5.97. The first-order valence-electron chi connectivity index (χ1n) is 8.66. The quantitative estimate of drug-likeness (QED) is 0.702. The summed E-state index contributed by atoms with van der Waals surface area (Å²) in [7, 11) is 1.60. The zero-order valence-electron chi connectivity index (χ0n) is 15.6. The van der Waals surface area contributed by atoms with Gasteiger partial charge in [0.2, 0.25) is 5.91 Å². The van der Waals surface area contributed by atoms with Crippen LogP contribution in [0.15, 0.2) is 46.9 Å². The number of nitrogens with one attached hydrogen (secondary N) is 2. The molecule has 2 aromatic carbocycles. The van der Waals surface area contributed by atoms with Crippen LogP contribution in [0.2, 0.25) is 0 Å². The standard InChI is InChI=1S/C21H22N2O4/c1-13-10-17(14(2)27-13)21(25)23-12-20(24)22-11-18-16-7-5-4-6-15(16)8-9-19(18)26-3/h4-10H,11-12H2,1-3H3,(H,22,24)(H,23,25). The predicted octanol–water partition coefficient (Wildman–Crippen LogP) is 3.10. The number of fused-ring (bicyclic) bond motifs is 1. The van der Waals surface area contributed by atoms with Gasteiger partial charge >= 0.3 is 0 Å². The van der Waals surface area contributed by atoms with Gasteiger partial charge in [-0.1, -0.05) is 30.3 Å². The van der Waals surface area contributed by atoms with Gasteiger partial charge in [-0.2, -0.15) is 0 Å². The van der Waals surface area contributed by atoms with Gasteiger partial charge in [0.15, 0.2) is 0 Å². The molecule has 0 aliphatic carbocycles. The van der Waals surface area contributed by atoms with E-state index < -0.39 is 0 Å². The van der Waals surface area contributed by atoms with Crippen LogP contribution in [0.1, 0.15) is 27.4 Å². The fourth-order valence-electron chi connectivity index (χ4n) is 3.05. The number of aryl methyl sites for hydroxylation is 2. The number of carbonyl (C=O) groups excluding carboxylic acids is 2. The highest BCUT2D eigenvalue weighted by Crippen LogP contribution is 2.27. The summed E-state index contributed by atoms with van der Waals surface area (Å²) in [6.45, 7) is 3.68. The first kappa shape index (κ1) is 18.5. The monoisotopic (exact) mass is 366 g/mol. The van der Waals surface area contributed by atoms with Crippen molar-refractivity contribution in [1.82, 2.24) is 10.6 Å². The number of amides is 2. The van der Waals surface area contributed by atoms with Crippen LogP contribution in [0.5, 0.6) is 5.75 Å². The number of benzene rings is 2. The number of rotatable bonds is 6. The van der Waals surface area contributed by atoms with Crippen molar-refractivity contribution < 1.29 is 18.7 Å². The van der Waals surface area contributed by atoms with E-state index in [1.807, 2.05) is 36.4 Å². The Hall–Kier alpha value is -3.28. The molecule has 0 radical (unpaired) electrons. The molecular formula is C21H22N2O4. The van der Waals surface area contributed by atoms with Crippen LogP contribution < -0.4 is 15.4 Å². The number of methoxy groups -OCH3 is 1. The SMILES string of the molecule is COc1ccc2ccccc2c1CNC(=O)CNC(=O)c1cc(C)oc1C. The summed E-state index contributed by atoms with van der Waals surface area (Å²) < 4.78 is 10.8. The molecule has 6 heteroatoms. The largest absolute Gasteiger partial charge is 0.496 e. The normalized spacial score (nSPS) is 10.6. The van der Waals surface area contributed by atoms with Gasteiger partial charge in [0.05, 0.1) is 19.2 Å². The molecule has 0 unspecified atom stereocenters. The smallest absolute Gasteiger partial charge is 0.255 e. The zero-order valence-corrected chi connectivity index (χ0v) is 15.6. The van der Waals surface area contributed by atoms with Crippen LogP contribution in [-0.2, 0) is 11.3 Å². The second-order valence-corrected chi connectivity index (χ2v) is 6.25. The van der Waals surface area contributed by atoms with Crippen LogP contribution in [-0.4, -0.2) is 25.5 Å². The third kappa shape index (κ3) is 4.11. The van der Waals surface area contributed by atoms with E-state index in [4.69, 9.17) is 9.15 Å². The van der Waals surface area contributed by atoms with Crippen molar-refractivity contribution >= 4 is 22.6 Å². The molecule has 3 rings (SSSR count). The molecular weight excluding hydrogens is 344 g/mol. The van der Waals surface area contributed by atoms with Crippen LogP contribution in [0.4, 0.5) is 0 Å². The Kier molecular flexibility index (Phi) is 5.45. The maximum atomic E-state index is 12.2. The van der Waals surface area contributed by atoms with Gasteiger partial charge in [0, 0.05) is 12.1 Å². The first-order chi connectivity index (χ1) is 13.0. The van der Waals surface area contributed by atoms with Gasteiger partial charge in [-0.15, -0.1) is 0 Å². The van der Waals surface area contributed by atoms with Gasteiger partial charge < -0.3 is 19.8 Å². The fourth-order valence-corrected chi connectivity index (χ4v) is 3.05. The molecule has 0 bridgehead atoms. The van der Waals surface area contributed by atoms with E-state index in [1.54, 1.807) is 27.0 Å². The first-order valence-corrected chi connectivity index (χ1v) is 8.66. The average molecular weight is 366 g/mol. The van der Waals surface area contributed by atoms with Crippen molar-refractivity contribution in [3.8, 4) is 5.75 Å². The molecule has 140 valence electrons. The molecule has 3 aromatic rings. The van der Waals surface area contributed by atoms with Crippen molar-refractivity contribution in [3.63, 3.8) is 0 Å². The Morgan fingerprint density at radius 2 is 1.85 bits per heavy atom. The molecule has 6 nitrogen and oxygen atoms in total. The Labute approximate surface area is 157 Å². The molecule has 27 heavy (non-hydrogen) atoms. The molecule has 0 saturated heterocycles. The maximum Gasteiger partial charge on any atom is 0.255 e. The minimum Gasteiger partial charge on any atom is -0.496 e. The summed E-state index contributed by atoms with van der Waals surface area (Å²) in [6.07, 6.45) is 0. The summed E-state index contributed by atoms with van der Waals surface area (Å²) >= 11 is 0.